The first-order valence-electron chi connectivity index (χ1n) is 13.1. The van der Waals surface area contributed by atoms with E-state index in [9.17, 15) is 9.90 Å². The maximum absolute atomic E-state index is 11.5. The monoisotopic (exact) mass is 531 g/mol. The van der Waals surface area contributed by atoms with Crippen LogP contribution in [0.3, 0.4) is 0 Å². The molecule has 1 aliphatic heterocycles. The molecule has 3 aromatic carbocycles. The van der Waals surface area contributed by atoms with Crippen LogP contribution in [0.25, 0.3) is 0 Å². The van der Waals surface area contributed by atoms with Crippen LogP contribution in [0.1, 0.15) is 39.7 Å². The van der Waals surface area contributed by atoms with Gasteiger partial charge in [0.05, 0.1) is 6.10 Å². The molecule has 38 heavy (non-hydrogen) atoms. The number of ether oxygens (including phenoxy) is 2. The molecule has 0 aromatic heterocycles. The second-order valence-electron chi connectivity index (χ2n) is 10.6. The lowest BCUT2D eigenvalue weighted by atomic mass is 10.0. The molecule has 4 rings (SSSR count). The zero-order valence-corrected chi connectivity index (χ0v) is 23.5. The fourth-order valence-electron chi connectivity index (χ4n) is 5.11. The summed E-state index contributed by atoms with van der Waals surface area (Å²) in [4.78, 5) is 16.1. The van der Waals surface area contributed by atoms with Gasteiger partial charge in [0.15, 0.2) is 6.10 Å². The van der Waals surface area contributed by atoms with Crippen LogP contribution in [0.2, 0.25) is 5.04 Å². The molecule has 0 unspecified atom stereocenters. The molecule has 7 heteroatoms. The predicted octanol–water partition coefficient (Wildman–Crippen LogP) is 4.09. The minimum absolute atomic E-state index is 0.0446. The highest BCUT2D eigenvalue weighted by molar-refractivity contribution is 6.99. The first-order chi connectivity index (χ1) is 18.2. The summed E-state index contributed by atoms with van der Waals surface area (Å²) < 4.78 is 18.3. The Balaban J connectivity index is 1.55. The molecule has 1 aliphatic rings. The van der Waals surface area contributed by atoms with E-state index in [1.807, 2.05) is 42.5 Å². The van der Waals surface area contributed by atoms with Gasteiger partial charge in [-0.1, -0.05) is 99.6 Å². The van der Waals surface area contributed by atoms with Gasteiger partial charge in [-0.2, -0.15) is 0 Å². The van der Waals surface area contributed by atoms with Gasteiger partial charge in [0.25, 0.3) is 8.32 Å². The Bertz CT molecular complexity index is 1170. The highest BCUT2D eigenvalue weighted by atomic mass is 28.4. The molecular formula is C31H37NO5Si. The highest BCUT2D eigenvalue weighted by Crippen LogP contribution is 2.37. The van der Waals surface area contributed by atoms with E-state index in [0.29, 0.717) is 18.9 Å². The van der Waals surface area contributed by atoms with Crippen LogP contribution in [0.4, 0.5) is 0 Å². The Morgan fingerprint density at radius 2 is 1.47 bits per heavy atom. The summed E-state index contributed by atoms with van der Waals surface area (Å²) in [7, 11) is -2.72. The Hall–Kier alpha value is -3.26. The van der Waals surface area contributed by atoms with Crippen LogP contribution in [-0.4, -0.2) is 56.8 Å². The Kier molecular flexibility index (Phi) is 8.82. The van der Waals surface area contributed by atoms with E-state index in [1.165, 1.54) is 17.3 Å². The van der Waals surface area contributed by atoms with Gasteiger partial charge in [0, 0.05) is 19.1 Å². The number of aliphatic hydroxyl groups is 1. The molecule has 0 fully saturated rings. The molecule has 6 nitrogen and oxygen atoms in total. The van der Waals surface area contributed by atoms with Crippen molar-refractivity contribution in [3.05, 3.63) is 96.6 Å². The van der Waals surface area contributed by atoms with Crippen molar-refractivity contribution < 1.29 is 23.8 Å². The number of carbonyl (C=O) groups excluding carboxylic acids is 1. The van der Waals surface area contributed by atoms with Crippen molar-refractivity contribution in [2.75, 3.05) is 13.2 Å². The van der Waals surface area contributed by atoms with Gasteiger partial charge >= 0.3 is 5.97 Å². The summed E-state index contributed by atoms with van der Waals surface area (Å²) >= 11 is 0. The van der Waals surface area contributed by atoms with E-state index in [4.69, 9.17) is 13.9 Å². The second kappa shape index (κ2) is 12.1. The van der Waals surface area contributed by atoms with Crippen molar-refractivity contribution in [2.24, 2.45) is 4.99 Å². The molecule has 3 aromatic rings. The summed E-state index contributed by atoms with van der Waals surface area (Å²) in [5, 5.41) is 13.5. The molecule has 1 heterocycles. The molecule has 0 amide bonds. The summed E-state index contributed by atoms with van der Waals surface area (Å²) in [5.74, 6) is 0.0522. The van der Waals surface area contributed by atoms with Crippen molar-refractivity contribution >= 4 is 30.6 Å². The molecule has 0 bridgehead atoms. The van der Waals surface area contributed by atoms with E-state index >= 15 is 0 Å². The Morgan fingerprint density at radius 1 is 0.947 bits per heavy atom. The van der Waals surface area contributed by atoms with Gasteiger partial charge in [-0.15, -0.1) is 0 Å². The second-order valence-corrected chi connectivity index (χ2v) is 14.9. The maximum atomic E-state index is 11.5. The summed E-state index contributed by atoms with van der Waals surface area (Å²) in [6.07, 6.45) is -1.16. The lowest BCUT2D eigenvalue weighted by Crippen LogP contribution is -2.66. The number of nitrogens with zero attached hydrogens (tertiary/aromatic N) is 1. The first kappa shape index (κ1) is 27.8. The van der Waals surface area contributed by atoms with E-state index in [0.717, 1.165) is 5.56 Å². The number of hydrogen-bond acceptors (Lipinski definition) is 6. The minimum atomic E-state index is -2.72. The first-order valence-corrected chi connectivity index (χ1v) is 15.0. The van der Waals surface area contributed by atoms with Gasteiger partial charge in [-0.25, -0.2) is 4.99 Å². The van der Waals surface area contributed by atoms with Crippen molar-refractivity contribution in [3.8, 4) is 0 Å². The number of aliphatic imine (C=N–C) groups is 1. The molecule has 0 saturated carbocycles. The zero-order valence-electron chi connectivity index (χ0n) is 22.5. The average Bonchev–Trinajstić information content (AvgIpc) is 3.35. The van der Waals surface area contributed by atoms with Crippen LogP contribution in [0.5, 0.6) is 0 Å². The smallest absolute Gasteiger partial charge is 0.302 e. The number of rotatable bonds is 10. The summed E-state index contributed by atoms with van der Waals surface area (Å²) in [5.41, 5.74) is 0.818. The lowest BCUT2D eigenvalue weighted by Gasteiger charge is -2.43. The van der Waals surface area contributed by atoms with Crippen molar-refractivity contribution in [1.82, 2.24) is 0 Å². The van der Waals surface area contributed by atoms with Crippen molar-refractivity contribution in [1.29, 1.82) is 0 Å². The van der Waals surface area contributed by atoms with Gasteiger partial charge in [0.2, 0.25) is 5.90 Å². The third-order valence-corrected chi connectivity index (χ3v) is 12.0. The third kappa shape index (κ3) is 6.06. The molecular weight excluding hydrogens is 494 g/mol. The largest absolute Gasteiger partial charge is 0.469 e. The SMILES string of the molecule is CC(=O)OC[C@@H]1N=C(c2ccccc2)O[C@@H]1[C@@H](O)CCO[Si](c1ccccc1)(c1ccccc1)C(C)(C)C. The standard InChI is InChI=1S/C31H37NO5Si/c1-23(33)35-22-27-29(37-30(32-27)24-14-8-5-9-15-24)28(34)20-21-36-38(31(2,3)4,25-16-10-6-11-17-25)26-18-12-7-13-19-26/h5-19,27-29,34H,20-22H2,1-4H3/t27-,28-,29-/m0/s1. The summed E-state index contributed by atoms with van der Waals surface area (Å²) in [6, 6.07) is 29.9. The van der Waals surface area contributed by atoms with E-state index in [1.54, 1.807) is 0 Å². The van der Waals surface area contributed by atoms with Gasteiger partial charge in [0.1, 0.15) is 12.6 Å². The quantitative estimate of drug-likeness (QED) is 0.315. The average molecular weight is 532 g/mol. The van der Waals surface area contributed by atoms with Crippen LogP contribution in [0.15, 0.2) is 96.0 Å². The molecule has 0 aliphatic carbocycles. The fourth-order valence-corrected chi connectivity index (χ4v) is 9.69. The van der Waals surface area contributed by atoms with Crippen LogP contribution < -0.4 is 10.4 Å². The molecule has 1 N–H and O–H groups in total. The number of hydrogen-bond donors (Lipinski definition) is 1. The number of esters is 1. The van der Waals surface area contributed by atoms with E-state index < -0.39 is 32.5 Å². The van der Waals surface area contributed by atoms with Crippen LogP contribution in [0, 0.1) is 0 Å². The van der Waals surface area contributed by atoms with Crippen LogP contribution in [-0.2, 0) is 18.7 Å². The summed E-state index contributed by atoms with van der Waals surface area (Å²) in [6.45, 7) is 8.43. The van der Waals surface area contributed by atoms with Gasteiger partial charge in [-0.05, 0) is 34.0 Å². The zero-order chi connectivity index (χ0) is 27.2. The van der Waals surface area contributed by atoms with Gasteiger partial charge in [-0.3, -0.25) is 4.79 Å². The maximum Gasteiger partial charge on any atom is 0.302 e. The highest BCUT2D eigenvalue weighted by Gasteiger charge is 2.50. The van der Waals surface area contributed by atoms with Crippen molar-refractivity contribution in [2.45, 2.75) is 57.4 Å². The minimum Gasteiger partial charge on any atom is -0.469 e. The molecule has 200 valence electrons. The molecule has 3 atom stereocenters. The van der Waals surface area contributed by atoms with Crippen molar-refractivity contribution in [3.63, 3.8) is 0 Å². The van der Waals surface area contributed by atoms with E-state index in [2.05, 4.69) is 74.3 Å². The number of benzene rings is 3. The third-order valence-electron chi connectivity index (χ3n) is 6.92. The molecule has 0 spiro atoms. The topological polar surface area (TPSA) is 77.4 Å². The Labute approximate surface area is 226 Å². The predicted molar refractivity (Wildman–Crippen MR) is 152 cm³/mol. The lowest BCUT2D eigenvalue weighted by molar-refractivity contribution is -0.142. The fraction of sp³-hybridized carbons (Fsp3) is 0.355. The normalized spacial score (nSPS) is 18.4. The van der Waals surface area contributed by atoms with Gasteiger partial charge < -0.3 is 19.0 Å². The molecule has 0 saturated heterocycles. The van der Waals surface area contributed by atoms with Crippen LogP contribution >= 0.6 is 0 Å². The van der Waals surface area contributed by atoms with E-state index in [-0.39, 0.29) is 11.6 Å². The number of carbonyl (C=O) groups is 1. The number of aliphatic hydroxyl groups excluding tert-OH is 1. The molecule has 0 radical (unpaired) electrons. The Morgan fingerprint density at radius 3 is 1.97 bits per heavy atom.